The van der Waals surface area contributed by atoms with Crippen LogP contribution in [0.2, 0.25) is 10.0 Å². The first kappa shape index (κ1) is 17.8. The van der Waals surface area contributed by atoms with Crippen molar-refractivity contribution in [3.63, 3.8) is 0 Å². The summed E-state index contributed by atoms with van der Waals surface area (Å²) in [5.74, 6) is 0.271. The maximum absolute atomic E-state index is 12.8. The van der Waals surface area contributed by atoms with Gasteiger partial charge in [-0.1, -0.05) is 23.2 Å². The Morgan fingerprint density at radius 2 is 2.16 bits per heavy atom. The summed E-state index contributed by atoms with van der Waals surface area (Å²) >= 11 is 12.1. The number of halogens is 2. The largest absolute Gasteiger partial charge is 0.472 e. The monoisotopic (exact) mass is 381 g/mol. The molecule has 0 spiro atoms. The summed E-state index contributed by atoms with van der Waals surface area (Å²) in [6, 6.07) is 6.78. The first-order valence-electron chi connectivity index (χ1n) is 7.85. The molecule has 6 nitrogen and oxygen atoms in total. The lowest BCUT2D eigenvalue weighted by Gasteiger charge is -2.32. The predicted molar refractivity (Wildman–Crippen MR) is 94.6 cm³/mol. The Morgan fingerprint density at radius 1 is 1.32 bits per heavy atom. The van der Waals surface area contributed by atoms with Gasteiger partial charge >= 0.3 is 6.01 Å². The number of hydrogen-bond donors (Lipinski definition) is 0. The van der Waals surface area contributed by atoms with Crippen molar-refractivity contribution in [2.45, 2.75) is 18.9 Å². The van der Waals surface area contributed by atoms with E-state index in [1.165, 1.54) is 7.11 Å². The van der Waals surface area contributed by atoms with Crippen LogP contribution in [0.3, 0.4) is 0 Å². The molecule has 8 heteroatoms. The number of likely N-dealkylation sites (tertiary alicyclic amines) is 1. The molecule has 1 atom stereocenters. The molecule has 132 valence electrons. The molecule has 1 aromatic carbocycles. The van der Waals surface area contributed by atoms with E-state index in [0.717, 1.165) is 12.8 Å². The average molecular weight is 382 g/mol. The number of carbonyl (C=O) groups is 1. The molecule has 1 amide bonds. The van der Waals surface area contributed by atoms with Crippen LogP contribution in [-0.4, -0.2) is 47.1 Å². The molecule has 1 aliphatic rings. The van der Waals surface area contributed by atoms with Gasteiger partial charge in [0.2, 0.25) is 5.88 Å². The van der Waals surface area contributed by atoms with Crippen molar-refractivity contribution in [1.29, 1.82) is 0 Å². The Balaban J connectivity index is 1.70. The van der Waals surface area contributed by atoms with Crippen molar-refractivity contribution in [2.75, 3.05) is 20.2 Å². The van der Waals surface area contributed by atoms with Gasteiger partial charge in [-0.15, -0.1) is 0 Å². The second-order valence-corrected chi connectivity index (χ2v) is 6.48. The molecule has 0 aliphatic carbocycles. The third-order valence-corrected chi connectivity index (χ3v) is 4.47. The fourth-order valence-electron chi connectivity index (χ4n) is 2.71. The lowest BCUT2D eigenvalue weighted by Crippen LogP contribution is -2.44. The molecule has 0 bridgehead atoms. The fourth-order valence-corrected chi connectivity index (χ4v) is 3.08. The molecule has 1 saturated heterocycles. The first-order valence-corrected chi connectivity index (χ1v) is 8.60. The highest BCUT2D eigenvalue weighted by molar-refractivity contribution is 6.35. The van der Waals surface area contributed by atoms with Crippen LogP contribution in [0.5, 0.6) is 11.9 Å². The van der Waals surface area contributed by atoms with Crippen molar-refractivity contribution in [3.05, 3.63) is 46.1 Å². The van der Waals surface area contributed by atoms with E-state index < -0.39 is 0 Å². The quantitative estimate of drug-likeness (QED) is 0.810. The normalized spacial score (nSPS) is 17.2. The van der Waals surface area contributed by atoms with Crippen LogP contribution < -0.4 is 9.47 Å². The van der Waals surface area contributed by atoms with Gasteiger partial charge in [0, 0.05) is 23.8 Å². The minimum absolute atomic E-state index is 0.152. The highest BCUT2D eigenvalue weighted by Crippen LogP contribution is 2.24. The Hall–Kier alpha value is -2.05. The zero-order chi connectivity index (χ0) is 17.8. The highest BCUT2D eigenvalue weighted by atomic mass is 35.5. The number of nitrogens with zero attached hydrogens (tertiary/aromatic N) is 3. The van der Waals surface area contributed by atoms with Crippen LogP contribution in [0.4, 0.5) is 0 Å². The number of methoxy groups -OCH3 is 1. The van der Waals surface area contributed by atoms with E-state index in [1.54, 1.807) is 35.4 Å². The van der Waals surface area contributed by atoms with E-state index >= 15 is 0 Å². The van der Waals surface area contributed by atoms with Crippen molar-refractivity contribution < 1.29 is 14.3 Å². The van der Waals surface area contributed by atoms with E-state index in [0.29, 0.717) is 34.6 Å². The summed E-state index contributed by atoms with van der Waals surface area (Å²) in [5.41, 5.74) is 0.401. The van der Waals surface area contributed by atoms with Gasteiger partial charge in [-0.3, -0.25) is 4.79 Å². The number of aromatic nitrogens is 2. The Labute approximate surface area is 155 Å². The molecule has 1 unspecified atom stereocenters. The molecule has 1 aliphatic heterocycles. The number of hydrogen-bond acceptors (Lipinski definition) is 5. The maximum atomic E-state index is 12.8. The van der Waals surface area contributed by atoms with Crippen LogP contribution in [0.25, 0.3) is 0 Å². The van der Waals surface area contributed by atoms with Gasteiger partial charge in [-0.25, -0.2) is 4.98 Å². The van der Waals surface area contributed by atoms with Crippen LogP contribution >= 0.6 is 23.2 Å². The number of ether oxygens (including phenoxy) is 2. The van der Waals surface area contributed by atoms with Gasteiger partial charge in [0.15, 0.2) is 0 Å². The van der Waals surface area contributed by atoms with Gasteiger partial charge in [-0.2, -0.15) is 4.98 Å². The Bertz CT molecular complexity index is 773. The standard InChI is InChI=1S/C17H17Cl2N3O3/c1-24-17-20-7-6-15(21-17)25-12-3-2-8-22(10-12)16(23)13-9-11(18)4-5-14(13)19/h4-7,9,12H,2-3,8,10H2,1H3. The fraction of sp³-hybridized carbons (Fsp3) is 0.353. The van der Waals surface area contributed by atoms with Crippen molar-refractivity contribution >= 4 is 29.1 Å². The molecule has 0 saturated carbocycles. The van der Waals surface area contributed by atoms with Crippen LogP contribution in [0.15, 0.2) is 30.5 Å². The first-order chi connectivity index (χ1) is 12.1. The molecule has 0 N–H and O–H groups in total. The SMILES string of the molecule is COc1nccc(OC2CCCN(C(=O)c3cc(Cl)ccc3Cl)C2)n1. The smallest absolute Gasteiger partial charge is 0.319 e. The van der Waals surface area contributed by atoms with Gasteiger partial charge in [0.05, 0.1) is 24.2 Å². The molecular weight excluding hydrogens is 365 g/mol. The van der Waals surface area contributed by atoms with E-state index in [4.69, 9.17) is 32.7 Å². The van der Waals surface area contributed by atoms with E-state index in [2.05, 4.69) is 9.97 Å². The number of rotatable bonds is 4. The summed E-state index contributed by atoms with van der Waals surface area (Å²) in [6.07, 6.45) is 3.07. The average Bonchev–Trinajstić information content (AvgIpc) is 2.63. The molecular formula is C17H17Cl2N3O3. The van der Waals surface area contributed by atoms with Gasteiger partial charge < -0.3 is 14.4 Å². The molecule has 2 aromatic rings. The summed E-state index contributed by atoms with van der Waals surface area (Å²) in [7, 11) is 1.49. The summed E-state index contributed by atoms with van der Waals surface area (Å²) in [4.78, 5) is 22.6. The topological polar surface area (TPSA) is 64.6 Å². The lowest BCUT2D eigenvalue weighted by molar-refractivity contribution is 0.0526. The van der Waals surface area contributed by atoms with E-state index in [1.807, 2.05) is 0 Å². The Morgan fingerprint density at radius 3 is 2.96 bits per heavy atom. The second kappa shape index (κ2) is 7.89. The third-order valence-electron chi connectivity index (χ3n) is 3.90. The number of amides is 1. The molecule has 1 aromatic heterocycles. The van der Waals surface area contributed by atoms with Crippen molar-refractivity contribution in [3.8, 4) is 11.9 Å². The molecule has 0 radical (unpaired) electrons. The molecule has 1 fully saturated rings. The zero-order valence-corrected chi connectivity index (χ0v) is 15.1. The predicted octanol–water partition coefficient (Wildman–Crippen LogP) is 3.48. The van der Waals surface area contributed by atoms with Crippen molar-refractivity contribution in [1.82, 2.24) is 14.9 Å². The molecule has 2 heterocycles. The van der Waals surface area contributed by atoms with Crippen LogP contribution in [0.1, 0.15) is 23.2 Å². The summed E-state index contributed by atoms with van der Waals surface area (Å²) < 4.78 is 10.9. The Kier molecular flexibility index (Phi) is 5.60. The minimum atomic E-state index is -0.157. The third kappa shape index (κ3) is 4.32. The van der Waals surface area contributed by atoms with Gasteiger partial charge in [-0.05, 0) is 31.0 Å². The maximum Gasteiger partial charge on any atom is 0.319 e. The zero-order valence-electron chi connectivity index (χ0n) is 13.6. The number of carbonyl (C=O) groups excluding carboxylic acids is 1. The van der Waals surface area contributed by atoms with Crippen LogP contribution in [0, 0.1) is 0 Å². The minimum Gasteiger partial charge on any atom is -0.472 e. The van der Waals surface area contributed by atoms with Crippen LogP contribution in [-0.2, 0) is 0 Å². The molecule has 3 rings (SSSR count). The summed E-state index contributed by atoms with van der Waals surface area (Å²) in [6.45, 7) is 1.10. The number of benzene rings is 1. The number of piperidine rings is 1. The lowest BCUT2D eigenvalue weighted by atomic mass is 10.1. The van der Waals surface area contributed by atoms with Gasteiger partial charge in [0.25, 0.3) is 5.91 Å². The van der Waals surface area contributed by atoms with E-state index in [9.17, 15) is 4.79 Å². The highest BCUT2D eigenvalue weighted by Gasteiger charge is 2.27. The second-order valence-electron chi connectivity index (χ2n) is 5.64. The van der Waals surface area contributed by atoms with E-state index in [-0.39, 0.29) is 18.0 Å². The van der Waals surface area contributed by atoms with Gasteiger partial charge in [0.1, 0.15) is 6.10 Å². The molecule has 25 heavy (non-hydrogen) atoms. The summed E-state index contributed by atoms with van der Waals surface area (Å²) in [5, 5.41) is 0.864. The van der Waals surface area contributed by atoms with Crippen molar-refractivity contribution in [2.24, 2.45) is 0 Å².